The van der Waals surface area contributed by atoms with E-state index in [1.807, 2.05) is 42.6 Å². The van der Waals surface area contributed by atoms with Crippen molar-refractivity contribution in [2.24, 2.45) is 7.05 Å². The van der Waals surface area contributed by atoms with Crippen LogP contribution in [0.25, 0.3) is 11.3 Å². The van der Waals surface area contributed by atoms with Crippen LogP contribution < -0.4 is 0 Å². The number of benzene rings is 1. The monoisotopic (exact) mass is 308 g/mol. The minimum atomic E-state index is -0.00135. The van der Waals surface area contributed by atoms with E-state index in [2.05, 4.69) is 15.4 Å². The van der Waals surface area contributed by atoms with E-state index < -0.39 is 0 Å². The molecule has 0 spiro atoms. The van der Waals surface area contributed by atoms with Crippen molar-refractivity contribution >= 4 is 5.91 Å². The Labute approximate surface area is 133 Å². The fraction of sp³-hybridized carbons (Fsp3) is 0.250. The summed E-state index contributed by atoms with van der Waals surface area (Å²) in [5.41, 5.74) is 2.41. The number of aromatic nitrogens is 5. The van der Waals surface area contributed by atoms with Gasteiger partial charge in [0.1, 0.15) is 5.69 Å². The van der Waals surface area contributed by atoms with Crippen LogP contribution in [0.15, 0.2) is 48.8 Å². The Kier molecular flexibility index (Phi) is 3.18. The Bertz CT molecular complexity index is 818. The first-order valence-corrected chi connectivity index (χ1v) is 7.47. The molecule has 0 N–H and O–H groups in total. The second-order valence-electron chi connectivity index (χ2n) is 5.65. The van der Waals surface area contributed by atoms with E-state index in [-0.39, 0.29) is 11.9 Å². The summed E-state index contributed by atoms with van der Waals surface area (Å²) in [6.45, 7) is 1.29. The first kappa shape index (κ1) is 13.7. The lowest BCUT2D eigenvalue weighted by Crippen LogP contribution is -2.51. The summed E-state index contributed by atoms with van der Waals surface area (Å²) in [6, 6.07) is 11.9. The predicted molar refractivity (Wildman–Crippen MR) is 83.6 cm³/mol. The van der Waals surface area contributed by atoms with E-state index in [0.717, 1.165) is 11.3 Å². The highest BCUT2D eigenvalue weighted by molar-refractivity contribution is 5.94. The first-order chi connectivity index (χ1) is 11.2. The summed E-state index contributed by atoms with van der Waals surface area (Å²) in [7, 11) is 1.80. The smallest absolute Gasteiger partial charge is 0.272 e. The van der Waals surface area contributed by atoms with Crippen molar-refractivity contribution < 1.29 is 4.79 Å². The molecule has 1 aliphatic heterocycles. The maximum atomic E-state index is 12.6. The van der Waals surface area contributed by atoms with Gasteiger partial charge in [-0.25, -0.2) is 4.68 Å². The van der Waals surface area contributed by atoms with Gasteiger partial charge in [0.25, 0.3) is 5.91 Å². The molecule has 1 saturated heterocycles. The average molecular weight is 308 g/mol. The van der Waals surface area contributed by atoms with Crippen molar-refractivity contribution in [3.8, 4) is 11.3 Å². The maximum Gasteiger partial charge on any atom is 0.272 e. The third-order valence-electron chi connectivity index (χ3n) is 4.13. The molecule has 1 aliphatic rings. The van der Waals surface area contributed by atoms with Crippen molar-refractivity contribution in [2.45, 2.75) is 6.04 Å². The zero-order valence-corrected chi connectivity index (χ0v) is 12.7. The molecule has 1 amide bonds. The maximum absolute atomic E-state index is 12.6. The second kappa shape index (κ2) is 5.35. The Hall–Kier alpha value is -2.96. The van der Waals surface area contributed by atoms with Crippen molar-refractivity contribution in [1.82, 2.24) is 29.7 Å². The number of carbonyl (C=O) groups is 1. The fourth-order valence-electron chi connectivity index (χ4n) is 2.78. The normalized spacial score (nSPS) is 14.7. The Balaban J connectivity index is 1.51. The van der Waals surface area contributed by atoms with Crippen LogP contribution in [0, 0.1) is 0 Å². The fourth-order valence-corrected chi connectivity index (χ4v) is 2.78. The van der Waals surface area contributed by atoms with Crippen molar-refractivity contribution in [3.63, 3.8) is 0 Å². The summed E-state index contributed by atoms with van der Waals surface area (Å²) in [6.07, 6.45) is 3.47. The largest absolute Gasteiger partial charge is 0.333 e. The van der Waals surface area contributed by atoms with Gasteiger partial charge in [0, 0.05) is 31.9 Å². The number of hydrogen-bond acceptors (Lipinski definition) is 4. The van der Waals surface area contributed by atoms with E-state index in [4.69, 9.17) is 0 Å². The van der Waals surface area contributed by atoms with Crippen LogP contribution in [-0.4, -0.2) is 48.7 Å². The van der Waals surface area contributed by atoms with Gasteiger partial charge < -0.3 is 4.90 Å². The summed E-state index contributed by atoms with van der Waals surface area (Å²) in [5.74, 6) is -0.00135. The topological polar surface area (TPSA) is 68.8 Å². The molecule has 23 heavy (non-hydrogen) atoms. The van der Waals surface area contributed by atoms with Gasteiger partial charge in [-0.05, 0) is 6.07 Å². The van der Waals surface area contributed by atoms with Crippen LogP contribution in [0.3, 0.4) is 0 Å². The van der Waals surface area contributed by atoms with Crippen LogP contribution in [0.4, 0.5) is 0 Å². The van der Waals surface area contributed by atoms with Crippen LogP contribution in [-0.2, 0) is 7.05 Å². The molecule has 3 aromatic rings. The Morgan fingerprint density at radius 3 is 2.70 bits per heavy atom. The van der Waals surface area contributed by atoms with E-state index in [1.165, 1.54) is 0 Å². The minimum absolute atomic E-state index is 0.00135. The lowest BCUT2D eigenvalue weighted by molar-refractivity contribution is 0.0487. The highest BCUT2D eigenvalue weighted by atomic mass is 16.2. The molecule has 0 saturated carbocycles. The summed E-state index contributed by atoms with van der Waals surface area (Å²) in [4.78, 5) is 14.4. The number of hydrogen-bond donors (Lipinski definition) is 0. The molecule has 0 atom stereocenters. The number of carbonyl (C=O) groups excluding carboxylic acids is 1. The molecule has 4 rings (SSSR count). The molecule has 2 aromatic heterocycles. The van der Waals surface area contributed by atoms with Crippen LogP contribution in [0.5, 0.6) is 0 Å². The molecule has 7 heteroatoms. The molecular weight excluding hydrogens is 292 g/mol. The van der Waals surface area contributed by atoms with Gasteiger partial charge in [-0.15, -0.1) is 5.10 Å². The number of aryl methyl sites for hydroxylation is 1. The van der Waals surface area contributed by atoms with Gasteiger partial charge in [-0.2, -0.15) is 5.10 Å². The lowest BCUT2D eigenvalue weighted by Gasteiger charge is -2.38. The lowest BCUT2D eigenvalue weighted by atomic mass is 10.1. The van der Waals surface area contributed by atoms with Crippen molar-refractivity contribution in [3.05, 3.63) is 54.5 Å². The number of likely N-dealkylation sites (tertiary alicyclic amines) is 1. The van der Waals surface area contributed by atoms with E-state index in [9.17, 15) is 4.79 Å². The number of rotatable bonds is 3. The highest BCUT2D eigenvalue weighted by Crippen LogP contribution is 2.24. The predicted octanol–water partition coefficient (Wildman–Crippen LogP) is 1.38. The molecule has 0 unspecified atom stereocenters. The van der Waals surface area contributed by atoms with Crippen LogP contribution >= 0.6 is 0 Å². The van der Waals surface area contributed by atoms with Gasteiger partial charge in [0.2, 0.25) is 0 Å². The van der Waals surface area contributed by atoms with Gasteiger partial charge in [-0.1, -0.05) is 35.5 Å². The minimum Gasteiger partial charge on any atom is -0.333 e. The third kappa shape index (κ3) is 2.40. The van der Waals surface area contributed by atoms with Gasteiger partial charge in [0.15, 0.2) is 0 Å². The molecule has 0 radical (unpaired) electrons. The van der Waals surface area contributed by atoms with E-state index in [1.54, 1.807) is 27.5 Å². The third-order valence-corrected chi connectivity index (χ3v) is 4.13. The van der Waals surface area contributed by atoms with Gasteiger partial charge in [0.05, 0.1) is 17.9 Å². The average Bonchev–Trinajstić information content (AvgIpc) is 3.16. The van der Waals surface area contributed by atoms with Gasteiger partial charge >= 0.3 is 0 Å². The molecule has 1 aromatic carbocycles. The number of amides is 1. The standard InChI is InChI=1S/C16H16N6O/c1-20-15(9-14(18-20)12-5-3-2-4-6-12)16(23)21-10-13(11-21)22-8-7-17-19-22/h2-9,13H,10-11H2,1H3. The molecule has 7 nitrogen and oxygen atoms in total. The summed E-state index contributed by atoms with van der Waals surface area (Å²) < 4.78 is 3.44. The highest BCUT2D eigenvalue weighted by Gasteiger charge is 2.34. The summed E-state index contributed by atoms with van der Waals surface area (Å²) >= 11 is 0. The van der Waals surface area contributed by atoms with Gasteiger partial charge in [-0.3, -0.25) is 9.48 Å². The molecule has 116 valence electrons. The van der Waals surface area contributed by atoms with Crippen LogP contribution in [0.1, 0.15) is 16.5 Å². The zero-order valence-electron chi connectivity index (χ0n) is 12.7. The summed E-state index contributed by atoms with van der Waals surface area (Å²) in [5, 5.41) is 12.2. The van der Waals surface area contributed by atoms with Crippen molar-refractivity contribution in [1.29, 1.82) is 0 Å². The molecule has 3 heterocycles. The van der Waals surface area contributed by atoms with Crippen LogP contribution in [0.2, 0.25) is 0 Å². The van der Waals surface area contributed by atoms with Crippen molar-refractivity contribution in [2.75, 3.05) is 13.1 Å². The van der Waals surface area contributed by atoms with E-state index in [0.29, 0.717) is 18.8 Å². The second-order valence-corrected chi connectivity index (χ2v) is 5.65. The quantitative estimate of drug-likeness (QED) is 0.733. The molecular formula is C16H16N6O. The molecule has 1 fully saturated rings. The Morgan fingerprint density at radius 1 is 1.22 bits per heavy atom. The molecule has 0 bridgehead atoms. The van der Waals surface area contributed by atoms with E-state index >= 15 is 0 Å². The zero-order chi connectivity index (χ0) is 15.8. The SMILES string of the molecule is Cn1nc(-c2ccccc2)cc1C(=O)N1CC(n2ccnn2)C1. The first-order valence-electron chi connectivity index (χ1n) is 7.47. The Morgan fingerprint density at radius 2 is 2.00 bits per heavy atom. The molecule has 0 aliphatic carbocycles. The number of nitrogens with zero attached hydrogens (tertiary/aromatic N) is 6.